The second-order valence-corrected chi connectivity index (χ2v) is 5.42. The van der Waals surface area contributed by atoms with Crippen LogP contribution in [0, 0.1) is 6.92 Å². The van der Waals surface area contributed by atoms with Crippen LogP contribution in [0.3, 0.4) is 0 Å². The number of carbonyl (C=O) groups is 1. The molecule has 0 saturated carbocycles. The van der Waals surface area contributed by atoms with E-state index in [9.17, 15) is 4.79 Å². The van der Waals surface area contributed by atoms with Gasteiger partial charge in [-0.05, 0) is 37.3 Å². The molecule has 0 spiro atoms. The second kappa shape index (κ2) is 5.46. The molecule has 2 rings (SSSR count). The lowest BCUT2D eigenvalue weighted by Crippen LogP contribution is -1.96. The number of carboxylic acid groups (broad SMARTS) is 1. The Morgan fingerprint density at radius 3 is 2.28 bits per heavy atom. The summed E-state index contributed by atoms with van der Waals surface area (Å²) in [4.78, 5) is 12.9. The molecule has 2 aromatic carbocycles. The number of benzene rings is 2. The standard InChI is InChI=1S/C14H11ClO2S/c1-9-2-4-10(5-3-9)18-11-6-7-12(14(16)17)13(15)8-11/h2-8H,1H3,(H,16,17). The lowest BCUT2D eigenvalue weighted by Gasteiger charge is -2.04. The van der Waals surface area contributed by atoms with Gasteiger partial charge in [0.25, 0.3) is 0 Å². The van der Waals surface area contributed by atoms with Crippen LogP contribution in [-0.4, -0.2) is 11.1 Å². The van der Waals surface area contributed by atoms with Crippen LogP contribution < -0.4 is 0 Å². The maximum atomic E-state index is 10.8. The Morgan fingerprint density at radius 1 is 1.11 bits per heavy atom. The monoisotopic (exact) mass is 278 g/mol. The molecule has 0 amide bonds. The first-order chi connectivity index (χ1) is 8.56. The molecule has 4 heteroatoms. The highest BCUT2D eigenvalue weighted by molar-refractivity contribution is 7.99. The van der Waals surface area contributed by atoms with Crippen molar-refractivity contribution in [2.45, 2.75) is 16.7 Å². The molecule has 0 heterocycles. The fourth-order valence-electron chi connectivity index (χ4n) is 1.48. The van der Waals surface area contributed by atoms with Crippen LogP contribution >= 0.6 is 23.4 Å². The topological polar surface area (TPSA) is 37.3 Å². The Labute approximate surface area is 115 Å². The van der Waals surface area contributed by atoms with Gasteiger partial charge in [-0.25, -0.2) is 4.79 Å². The van der Waals surface area contributed by atoms with E-state index in [1.807, 2.05) is 31.2 Å². The number of hydrogen-bond donors (Lipinski definition) is 1. The molecule has 0 bridgehead atoms. The van der Waals surface area contributed by atoms with Gasteiger partial charge in [0, 0.05) is 9.79 Å². The Morgan fingerprint density at radius 2 is 1.72 bits per heavy atom. The molecule has 0 radical (unpaired) electrons. The highest BCUT2D eigenvalue weighted by Crippen LogP contribution is 2.30. The predicted molar refractivity (Wildman–Crippen MR) is 73.7 cm³/mol. The minimum atomic E-state index is -1.01. The molecule has 0 fully saturated rings. The predicted octanol–water partition coefficient (Wildman–Crippen LogP) is 4.50. The van der Waals surface area contributed by atoms with E-state index < -0.39 is 5.97 Å². The Bertz CT molecular complexity index is 579. The van der Waals surface area contributed by atoms with Crippen molar-refractivity contribution in [3.8, 4) is 0 Å². The molecule has 0 aromatic heterocycles. The summed E-state index contributed by atoms with van der Waals surface area (Å²) >= 11 is 7.48. The molecular weight excluding hydrogens is 268 g/mol. The molecule has 1 N–H and O–H groups in total. The first-order valence-corrected chi connectivity index (χ1v) is 6.53. The molecule has 0 saturated heterocycles. The lowest BCUT2D eigenvalue weighted by atomic mass is 10.2. The molecule has 0 aliphatic carbocycles. The zero-order valence-corrected chi connectivity index (χ0v) is 11.3. The number of carboxylic acids is 1. The second-order valence-electron chi connectivity index (χ2n) is 3.86. The summed E-state index contributed by atoms with van der Waals surface area (Å²) in [6.45, 7) is 2.03. The van der Waals surface area contributed by atoms with E-state index in [1.165, 1.54) is 11.6 Å². The third-order valence-electron chi connectivity index (χ3n) is 2.43. The summed E-state index contributed by atoms with van der Waals surface area (Å²) in [6, 6.07) is 13.1. The smallest absolute Gasteiger partial charge is 0.337 e. The van der Waals surface area contributed by atoms with E-state index in [0.29, 0.717) is 0 Å². The molecule has 18 heavy (non-hydrogen) atoms. The summed E-state index contributed by atoms with van der Waals surface area (Å²) in [5.74, 6) is -1.01. The van der Waals surface area contributed by atoms with Gasteiger partial charge in [-0.3, -0.25) is 0 Å². The van der Waals surface area contributed by atoms with E-state index in [-0.39, 0.29) is 10.6 Å². The number of hydrogen-bond acceptors (Lipinski definition) is 2. The molecule has 0 atom stereocenters. The molecule has 0 unspecified atom stereocenters. The van der Waals surface area contributed by atoms with Crippen molar-refractivity contribution in [2.75, 3.05) is 0 Å². The van der Waals surface area contributed by atoms with Crippen molar-refractivity contribution >= 4 is 29.3 Å². The maximum absolute atomic E-state index is 10.8. The van der Waals surface area contributed by atoms with Crippen LogP contribution in [0.4, 0.5) is 0 Å². The fraction of sp³-hybridized carbons (Fsp3) is 0.0714. The van der Waals surface area contributed by atoms with E-state index in [1.54, 1.807) is 23.9 Å². The molecule has 2 nitrogen and oxygen atoms in total. The van der Waals surface area contributed by atoms with Crippen molar-refractivity contribution in [1.82, 2.24) is 0 Å². The summed E-state index contributed by atoms with van der Waals surface area (Å²) in [5, 5.41) is 9.15. The van der Waals surface area contributed by atoms with E-state index >= 15 is 0 Å². The van der Waals surface area contributed by atoms with Gasteiger partial charge in [-0.1, -0.05) is 41.1 Å². The Kier molecular flexibility index (Phi) is 3.94. The van der Waals surface area contributed by atoms with Gasteiger partial charge in [-0.2, -0.15) is 0 Å². The van der Waals surface area contributed by atoms with Crippen molar-refractivity contribution in [3.63, 3.8) is 0 Å². The van der Waals surface area contributed by atoms with Crippen LogP contribution in [0.25, 0.3) is 0 Å². The highest BCUT2D eigenvalue weighted by atomic mass is 35.5. The van der Waals surface area contributed by atoms with Gasteiger partial charge in [0.2, 0.25) is 0 Å². The molecule has 2 aromatic rings. The van der Waals surface area contributed by atoms with Crippen molar-refractivity contribution in [2.24, 2.45) is 0 Å². The number of aryl methyl sites for hydroxylation is 1. The Hall–Kier alpha value is -1.45. The SMILES string of the molecule is Cc1ccc(Sc2ccc(C(=O)O)c(Cl)c2)cc1. The highest BCUT2D eigenvalue weighted by Gasteiger charge is 2.09. The van der Waals surface area contributed by atoms with Crippen LogP contribution in [0.5, 0.6) is 0 Å². The Balaban J connectivity index is 2.22. The van der Waals surface area contributed by atoms with Crippen molar-refractivity contribution < 1.29 is 9.90 Å². The molecular formula is C14H11ClO2S. The van der Waals surface area contributed by atoms with Gasteiger partial charge in [0.1, 0.15) is 0 Å². The third-order valence-corrected chi connectivity index (χ3v) is 3.74. The van der Waals surface area contributed by atoms with Crippen LogP contribution in [0.2, 0.25) is 5.02 Å². The first-order valence-electron chi connectivity index (χ1n) is 5.33. The summed E-state index contributed by atoms with van der Waals surface area (Å²) in [7, 11) is 0. The number of halogens is 1. The summed E-state index contributed by atoms with van der Waals surface area (Å²) in [5.41, 5.74) is 1.34. The van der Waals surface area contributed by atoms with E-state index in [4.69, 9.17) is 16.7 Å². The average molecular weight is 279 g/mol. The third kappa shape index (κ3) is 3.06. The van der Waals surface area contributed by atoms with E-state index in [0.717, 1.165) is 9.79 Å². The minimum absolute atomic E-state index is 0.130. The molecule has 92 valence electrons. The van der Waals surface area contributed by atoms with Crippen LogP contribution in [-0.2, 0) is 0 Å². The zero-order valence-electron chi connectivity index (χ0n) is 9.68. The van der Waals surface area contributed by atoms with Gasteiger partial charge < -0.3 is 5.11 Å². The lowest BCUT2D eigenvalue weighted by molar-refractivity contribution is 0.0697. The van der Waals surface area contributed by atoms with Gasteiger partial charge in [0.15, 0.2) is 0 Å². The van der Waals surface area contributed by atoms with Crippen molar-refractivity contribution in [3.05, 3.63) is 58.6 Å². The molecule has 0 aliphatic rings. The fourth-order valence-corrected chi connectivity index (χ4v) is 2.66. The van der Waals surface area contributed by atoms with Crippen LogP contribution in [0.1, 0.15) is 15.9 Å². The largest absolute Gasteiger partial charge is 0.478 e. The van der Waals surface area contributed by atoms with Gasteiger partial charge in [0.05, 0.1) is 10.6 Å². The normalized spacial score (nSPS) is 10.3. The van der Waals surface area contributed by atoms with Crippen LogP contribution in [0.15, 0.2) is 52.3 Å². The maximum Gasteiger partial charge on any atom is 0.337 e. The number of aromatic carboxylic acids is 1. The number of rotatable bonds is 3. The summed E-state index contributed by atoms with van der Waals surface area (Å²) < 4.78 is 0. The summed E-state index contributed by atoms with van der Waals surface area (Å²) in [6.07, 6.45) is 0. The quantitative estimate of drug-likeness (QED) is 0.898. The van der Waals surface area contributed by atoms with Crippen molar-refractivity contribution in [1.29, 1.82) is 0 Å². The average Bonchev–Trinajstić information content (AvgIpc) is 2.32. The zero-order chi connectivity index (χ0) is 13.1. The van der Waals surface area contributed by atoms with Gasteiger partial charge >= 0.3 is 5.97 Å². The van der Waals surface area contributed by atoms with E-state index in [2.05, 4.69) is 0 Å². The minimum Gasteiger partial charge on any atom is -0.478 e. The molecule has 0 aliphatic heterocycles. The van der Waals surface area contributed by atoms with Gasteiger partial charge in [-0.15, -0.1) is 0 Å². The first kappa shape index (κ1) is 13.0.